The minimum Gasteiger partial charge on any atom is -0.371 e. The minimum absolute atomic E-state index is 0.140. The molecule has 21 heavy (non-hydrogen) atoms. The van der Waals surface area contributed by atoms with Crippen molar-refractivity contribution in [2.45, 2.75) is 38.6 Å². The van der Waals surface area contributed by atoms with E-state index in [1.54, 1.807) is 12.1 Å². The highest BCUT2D eigenvalue weighted by atomic mass is 16.7. The Bertz CT molecular complexity index is 553. The summed E-state index contributed by atoms with van der Waals surface area (Å²) in [6.45, 7) is 6.28. The Morgan fingerprint density at radius 3 is 2.62 bits per heavy atom. The minimum atomic E-state index is -0.412. The van der Waals surface area contributed by atoms with Gasteiger partial charge >= 0.3 is 0 Å². The first kappa shape index (κ1) is 14.3. The van der Waals surface area contributed by atoms with Crippen LogP contribution >= 0.6 is 0 Å². The van der Waals surface area contributed by atoms with Crippen LogP contribution in [-0.4, -0.2) is 36.5 Å². The summed E-state index contributed by atoms with van der Waals surface area (Å²) in [5.74, 6) is -0.412. The average Bonchev–Trinajstić information content (AvgIpc) is 2.81. The van der Waals surface area contributed by atoms with Gasteiger partial charge in [-0.3, -0.25) is 10.1 Å². The number of non-ortho nitro benzene ring substituents is 1. The number of piperidine rings is 1. The van der Waals surface area contributed by atoms with E-state index < -0.39 is 5.79 Å². The van der Waals surface area contributed by atoms with Crippen molar-refractivity contribution in [2.24, 2.45) is 0 Å². The number of hydrogen-bond donors (Lipinski definition) is 0. The number of nitro benzene ring substituents is 1. The molecule has 0 aromatic heterocycles. The van der Waals surface area contributed by atoms with E-state index in [9.17, 15) is 10.1 Å². The van der Waals surface area contributed by atoms with Crippen molar-refractivity contribution in [3.63, 3.8) is 0 Å². The van der Waals surface area contributed by atoms with Gasteiger partial charge in [-0.1, -0.05) is 0 Å². The summed E-state index contributed by atoms with van der Waals surface area (Å²) in [7, 11) is 0. The Hall–Kier alpha value is -1.66. The van der Waals surface area contributed by atoms with Gasteiger partial charge in [0.25, 0.3) is 5.69 Å². The molecule has 1 unspecified atom stereocenters. The largest absolute Gasteiger partial charge is 0.371 e. The van der Waals surface area contributed by atoms with Gasteiger partial charge in [-0.25, -0.2) is 0 Å². The third-order valence-electron chi connectivity index (χ3n) is 4.25. The Labute approximate surface area is 123 Å². The van der Waals surface area contributed by atoms with Gasteiger partial charge < -0.3 is 14.4 Å². The van der Waals surface area contributed by atoms with E-state index in [4.69, 9.17) is 9.47 Å². The molecular weight excluding hydrogens is 272 g/mol. The molecule has 0 aliphatic carbocycles. The third kappa shape index (κ3) is 2.73. The monoisotopic (exact) mass is 292 g/mol. The second kappa shape index (κ2) is 5.27. The van der Waals surface area contributed by atoms with E-state index >= 15 is 0 Å². The molecule has 114 valence electrons. The maximum atomic E-state index is 10.8. The van der Waals surface area contributed by atoms with Crippen LogP contribution in [-0.2, 0) is 9.47 Å². The standard InChI is InChI=1S/C15H20N2O4/c1-11-9-13(17(18)19)3-4-14(11)16-7-5-15(6-8-16)20-10-12(2)21-15/h3-4,9,12H,5-8,10H2,1-2H3. The first-order chi connectivity index (χ1) is 9.99. The van der Waals surface area contributed by atoms with Gasteiger partial charge in [0.1, 0.15) is 0 Å². The molecule has 1 spiro atoms. The zero-order chi connectivity index (χ0) is 15.0. The number of nitro groups is 1. The van der Waals surface area contributed by atoms with Crippen LogP contribution in [0.1, 0.15) is 25.3 Å². The van der Waals surface area contributed by atoms with Crippen molar-refractivity contribution in [3.8, 4) is 0 Å². The SMILES string of the molecule is Cc1cc([N+](=O)[O-])ccc1N1CCC2(CC1)OCC(C)O2. The lowest BCUT2D eigenvalue weighted by molar-refractivity contribution is -0.384. The molecule has 1 aromatic carbocycles. The number of benzene rings is 1. The fraction of sp³-hybridized carbons (Fsp3) is 0.600. The summed E-state index contributed by atoms with van der Waals surface area (Å²) in [6.07, 6.45) is 1.82. The molecule has 2 saturated heterocycles. The molecule has 0 amide bonds. The van der Waals surface area contributed by atoms with Crippen molar-refractivity contribution >= 4 is 11.4 Å². The number of rotatable bonds is 2. The van der Waals surface area contributed by atoms with Crippen LogP contribution in [0.3, 0.4) is 0 Å². The Balaban J connectivity index is 1.71. The molecule has 2 heterocycles. The highest BCUT2D eigenvalue weighted by Gasteiger charge is 2.42. The maximum Gasteiger partial charge on any atom is 0.269 e. The normalized spacial score (nSPS) is 24.5. The van der Waals surface area contributed by atoms with Crippen LogP contribution in [0.25, 0.3) is 0 Å². The van der Waals surface area contributed by atoms with Gasteiger partial charge in [0.2, 0.25) is 0 Å². The summed E-state index contributed by atoms with van der Waals surface area (Å²) in [5, 5.41) is 10.8. The van der Waals surface area contributed by atoms with Crippen molar-refractivity contribution in [3.05, 3.63) is 33.9 Å². The molecule has 3 rings (SSSR count). The van der Waals surface area contributed by atoms with E-state index in [1.165, 1.54) is 0 Å². The molecule has 0 saturated carbocycles. The van der Waals surface area contributed by atoms with Crippen LogP contribution in [0.5, 0.6) is 0 Å². The molecular formula is C15H20N2O4. The molecule has 2 aliphatic rings. The van der Waals surface area contributed by atoms with E-state index in [0.29, 0.717) is 6.61 Å². The van der Waals surface area contributed by atoms with Gasteiger partial charge in [-0.2, -0.15) is 0 Å². The predicted molar refractivity (Wildman–Crippen MR) is 78.5 cm³/mol. The second-order valence-electron chi connectivity index (χ2n) is 5.87. The molecule has 1 atom stereocenters. The number of ether oxygens (including phenoxy) is 2. The molecule has 0 bridgehead atoms. The quantitative estimate of drug-likeness (QED) is 0.619. The topological polar surface area (TPSA) is 64.8 Å². The van der Waals surface area contributed by atoms with Crippen LogP contribution < -0.4 is 4.90 Å². The average molecular weight is 292 g/mol. The van der Waals surface area contributed by atoms with E-state index in [1.807, 2.05) is 19.9 Å². The zero-order valence-corrected chi connectivity index (χ0v) is 12.4. The summed E-state index contributed by atoms with van der Waals surface area (Å²) >= 11 is 0. The molecule has 6 nitrogen and oxygen atoms in total. The van der Waals surface area contributed by atoms with Gasteiger partial charge in [0.05, 0.1) is 17.6 Å². The van der Waals surface area contributed by atoms with Gasteiger partial charge in [0, 0.05) is 43.8 Å². The van der Waals surface area contributed by atoms with Crippen LogP contribution in [0, 0.1) is 17.0 Å². The highest BCUT2D eigenvalue weighted by Crippen LogP contribution is 2.36. The number of hydrogen-bond acceptors (Lipinski definition) is 5. The van der Waals surface area contributed by atoms with Crippen molar-refractivity contribution < 1.29 is 14.4 Å². The number of nitrogens with zero attached hydrogens (tertiary/aromatic N) is 2. The van der Waals surface area contributed by atoms with E-state index in [-0.39, 0.29) is 16.7 Å². The lowest BCUT2D eigenvalue weighted by Gasteiger charge is -2.39. The Kier molecular flexibility index (Phi) is 3.59. The third-order valence-corrected chi connectivity index (χ3v) is 4.25. The van der Waals surface area contributed by atoms with Gasteiger partial charge in [-0.05, 0) is 25.5 Å². The fourth-order valence-corrected chi connectivity index (χ4v) is 3.16. The van der Waals surface area contributed by atoms with Crippen molar-refractivity contribution in [2.75, 3.05) is 24.6 Å². The Morgan fingerprint density at radius 1 is 1.38 bits per heavy atom. The maximum absolute atomic E-state index is 10.8. The van der Waals surface area contributed by atoms with E-state index in [0.717, 1.165) is 37.2 Å². The van der Waals surface area contributed by atoms with Gasteiger partial charge in [0.15, 0.2) is 5.79 Å². The lowest BCUT2D eigenvalue weighted by atomic mass is 10.0. The molecule has 6 heteroatoms. The summed E-state index contributed by atoms with van der Waals surface area (Å²) in [4.78, 5) is 12.7. The van der Waals surface area contributed by atoms with E-state index in [2.05, 4.69) is 4.90 Å². The highest BCUT2D eigenvalue weighted by molar-refractivity contribution is 5.57. The van der Waals surface area contributed by atoms with Gasteiger partial charge in [-0.15, -0.1) is 0 Å². The lowest BCUT2D eigenvalue weighted by Crippen LogP contribution is -2.45. The zero-order valence-electron chi connectivity index (χ0n) is 12.4. The van der Waals surface area contributed by atoms with Crippen LogP contribution in [0.2, 0.25) is 0 Å². The van der Waals surface area contributed by atoms with Crippen LogP contribution in [0.15, 0.2) is 18.2 Å². The number of anilines is 1. The second-order valence-corrected chi connectivity index (χ2v) is 5.87. The first-order valence-electron chi connectivity index (χ1n) is 7.31. The summed E-state index contributed by atoms with van der Waals surface area (Å²) in [6, 6.07) is 5.03. The molecule has 1 aromatic rings. The summed E-state index contributed by atoms with van der Waals surface area (Å²) in [5.41, 5.74) is 2.13. The van der Waals surface area contributed by atoms with Crippen LogP contribution in [0.4, 0.5) is 11.4 Å². The molecule has 0 radical (unpaired) electrons. The predicted octanol–water partition coefficient (Wildman–Crippen LogP) is 2.64. The van der Waals surface area contributed by atoms with Crippen molar-refractivity contribution in [1.82, 2.24) is 0 Å². The van der Waals surface area contributed by atoms with Crippen molar-refractivity contribution in [1.29, 1.82) is 0 Å². The smallest absolute Gasteiger partial charge is 0.269 e. The molecule has 0 N–H and O–H groups in total. The molecule has 2 fully saturated rings. The Morgan fingerprint density at radius 2 is 2.10 bits per heavy atom. The fourth-order valence-electron chi connectivity index (χ4n) is 3.16. The summed E-state index contributed by atoms with van der Waals surface area (Å²) < 4.78 is 11.7. The molecule has 2 aliphatic heterocycles. The first-order valence-corrected chi connectivity index (χ1v) is 7.31. The number of aryl methyl sites for hydroxylation is 1.